The second-order valence-corrected chi connectivity index (χ2v) is 4.90. The van der Waals surface area contributed by atoms with E-state index in [1.807, 2.05) is 24.3 Å². The average Bonchev–Trinajstić information content (AvgIpc) is 2.30. The average molecular weight is 300 g/mol. The van der Waals surface area contributed by atoms with E-state index in [1.165, 1.54) is 0 Å². The molecule has 1 unspecified atom stereocenters. The molecular formula is C12H18BrN3O. The lowest BCUT2D eigenvalue weighted by Gasteiger charge is -2.20. The number of nitrogens with two attached hydrogens (primary N) is 1. The van der Waals surface area contributed by atoms with Gasteiger partial charge in [0.1, 0.15) is 0 Å². The van der Waals surface area contributed by atoms with Gasteiger partial charge in [0.15, 0.2) is 0 Å². The Morgan fingerprint density at radius 2 is 2.12 bits per heavy atom. The Hall–Kier alpha value is -1.07. The van der Waals surface area contributed by atoms with Gasteiger partial charge in [0.05, 0.1) is 0 Å². The van der Waals surface area contributed by atoms with Crippen molar-refractivity contribution < 1.29 is 4.79 Å². The molecule has 0 spiro atoms. The van der Waals surface area contributed by atoms with Gasteiger partial charge in [-0.2, -0.15) is 0 Å². The van der Waals surface area contributed by atoms with Crippen molar-refractivity contribution in [2.45, 2.75) is 12.5 Å². The van der Waals surface area contributed by atoms with Crippen molar-refractivity contribution in [2.24, 2.45) is 5.73 Å². The number of anilines is 1. The van der Waals surface area contributed by atoms with Crippen LogP contribution in [-0.4, -0.2) is 37.5 Å². The van der Waals surface area contributed by atoms with E-state index in [0.29, 0.717) is 13.0 Å². The third-order valence-electron chi connectivity index (χ3n) is 2.44. The van der Waals surface area contributed by atoms with E-state index in [0.717, 1.165) is 10.2 Å². The summed E-state index contributed by atoms with van der Waals surface area (Å²) in [6, 6.07) is 7.73. The molecule has 1 rings (SSSR count). The fourth-order valence-corrected chi connectivity index (χ4v) is 1.78. The zero-order valence-corrected chi connectivity index (χ0v) is 11.7. The van der Waals surface area contributed by atoms with E-state index in [-0.39, 0.29) is 11.9 Å². The van der Waals surface area contributed by atoms with E-state index in [4.69, 9.17) is 5.73 Å². The molecule has 0 radical (unpaired) electrons. The minimum Gasteiger partial charge on any atom is -0.380 e. The summed E-state index contributed by atoms with van der Waals surface area (Å²) in [4.78, 5) is 13.2. The number of benzene rings is 1. The molecule has 0 fully saturated rings. The highest BCUT2D eigenvalue weighted by Gasteiger charge is 2.14. The zero-order chi connectivity index (χ0) is 12.8. The number of carbonyl (C=O) groups is 1. The fraction of sp³-hybridized carbons (Fsp3) is 0.417. The highest BCUT2D eigenvalue weighted by atomic mass is 79.9. The lowest BCUT2D eigenvalue weighted by Crippen LogP contribution is -2.35. The number of halogens is 1. The van der Waals surface area contributed by atoms with Crippen LogP contribution in [0.4, 0.5) is 5.69 Å². The summed E-state index contributed by atoms with van der Waals surface area (Å²) in [6.07, 6.45) is 0.394. The predicted molar refractivity (Wildman–Crippen MR) is 73.9 cm³/mol. The van der Waals surface area contributed by atoms with Crippen LogP contribution in [0.1, 0.15) is 6.42 Å². The molecule has 0 aromatic heterocycles. The Morgan fingerprint density at radius 1 is 1.47 bits per heavy atom. The second kappa shape index (κ2) is 6.61. The topological polar surface area (TPSA) is 58.4 Å². The van der Waals surface area contributed by atoms with Crippen molar-refractivity contribution in [1.29, 1.82) is 0 Å². The molecule has 0 bridgehead atoms. The van der Waals surface area contributed by atoms with Crippen LogP contribution in [0, 0.1) is 0 Å². The van der Waals surface area contributed by atoms with Crippen molar-refractivity contribution in [1.82, 2.24) is 4.90 Å². The van der Waals surface area contributed by atoms with Gasteiger partial charge in [0, 0.05) is 43.3 Å². The van der Waals surface area contributed by atoms with E-state index < -0.39 is 0 Å². The molecular weight excluding hydrogens is 282 g/mol. The lowest BCUT2D eigenvalue weighted by atomic mass is 10.1. The highest BCUT2D eigenvalue weighted by molar-refractivity contribution is 9.10. The molecule has 3 N–H and O–H groups in total. The number of amides is 1. The first-order chi connectivity index (χ1) is 8.04. The maximum atomic E-state index is 11.6. The number of hydrogen-bond acceptors (Lipinski definition) is 3. The van der Waals surface area contributed by atoms with Crippen LogP contribution in [0.2, 0.25) is 0 Å². The first kappa shape index (κ1) is 14.0. The fourth-order valence-electron chi connectivity index (χ4n) is 1.38. The SMILES string of the molecule is CN(C)C(=O)CC(CN)Nc1ccccc1Br. The minimum atomic E-state index is -0.0522. The molecule has 0 aliphatic rings. The zero-order valence-electron chi connectivity index (χ0n) is 10.1. The van der Waals surface area contributed by atoms with Gasteiger partial charge in [-0.1, -0.05) is 12.1 Å². The van der Waals surface area contributed by atoms with Gasteiger partial charge in [-0.05, 0) is 28.1 Å². The molecule has 4 nitrogen and oxygen atoms in total. The predicted octanol–water partition coefficient (Wildman–Crippen LogP) is 1.67. The van der Waals surface area contributed by atoms with Crippen molar-refractivity contribution in [3.63, 3.8) is 0 Å². The molecule has 0 saturated heterocycles. The molecule has 0 aliphatic heterocycles. The van der Waals surface area contributed by atoms with Crippen LogP contribution < -0.4 is 11.1 Å². The van der Waals surface area contributed by atoms with Gasteiger partial charge in [0.2, 0.25) is 5.91 Å². The summed E-state index contributed by atoms with van der Waals surface area (Å²) in [5.74, 6) is 0.0694. The number of carbonyl (C=O) groups excluding carboxylic acids is 1. The number of nitrogens with one attached hydrogen (secondary N) is 1. The van der Waals surface area contributed by atoms with Gasteiger partial charge in [-0.3, -0.25) is 4.79 Å². The van der Waals surface area contributed by atoms with Crippen LogP contribution in [0.5, 0.6) is 0 Å². The molecule has 1 atom stereocenters. The van der Waals surface area contributed by atoms with Crippen LogP contribution in [0.25, 0.3) is 0 Å². The van der Waals surface area contributed by atoms with Gasteiger partial charge >= 0.3 is 0 Å². The maximum Gasteiger partial charge on any atom is 0.224 e. The Kier molecular flexibility index (Phi) is 5.44. The summed E-state index contributed by atoms with van der Waals surface area (Å²) >= 11 is 3.45. The van der Waals surface area contributed by atoms with Crippen molar-refractivity contribution in [2.75, 3.05) is 26.0 Å². The molecule has 1 amide bonds. The number of hydrogen-bond donors (Lipinski definition) is 2. The standard InChI is InChI=1S/C12H18BrN3O/c1-16(2)12(17)7-9(8-14)15-11-6-4-3-5-10(11)13/h3-6,9,15H,7-8,14H2,1-2H3. The quantitative estimate of drug-likeness (QED) is 0.869. The molecule has 17 heavy (non-hydrogen) atoms. The Balaban J connectivity index is 2.64. The molecule has 5 heteroatoms. The van der Waals surface area contributed by atoms with Crippen LogP contribution in [0.3, 0.4) is 0 Å². The first-order valence-corrected chi connectivity index (χ1v) is 6.25. The molecule has 1 aromatic rings. The number of para-hydroxylation sites is 1. The largest absolute Gasteiger partial charge is 0.380 e. The van der Waals surface area contributed by atoms with Gasteiger partial charge in [-0.15, -0.1) is 0 Å². The molecule has 0 saturated carbocycles. The van der Waals surface area contributed by atoms with Crippen molar-refractivity contribution >= 4 is 27.5 Å². The summed E-state index contributed by atoms with van der Waals surface area (Å²) in [5.41, 5.74) is 6.62. The second-order valence-electron chi connectivity index (χ2n) is 4.05. The van der Waals surface area contributed by atoms with Gasteiger partial charge in [0.25, 0.3) is 0 Å². The molecule has 0 heterocycles. The monoisotopic (exact) mass is 299 g/mol. The van der Waals surface area contributed by atoms with Crippen molar-refractivity contribution in [3.8, 4) is 0 Å². The highest BCUT2D eigenvalue weighted by Crippen LogP contribution is 2.22. The van der Waals surface area contributed by atoms with Crippen LogP contribution in [0.15, 0.2) is 28.7 Å². The van der Waals surface area contributed by atoms with Gasteiger partial charge in [-0.25, -0.2) is 0 Å². The first-order valence-electron chi connectivity index (χ1n) is 5.46. The van der Waals surface area contributed by atoms with E-state index >= 15 is 0 Å². The molecule has 94 valence electrons. The third-order valence-corrected chi connectivity index (χ3v) is 3.13. The smallest absolute Gasteiger partial charge is 0.224 e. The minimum absolute atomic E-state index is 0.0522. The summed E-state index contributed by atoms with van der Waals surface area (Å²) in [7, 11) is 3.49. The Bertz CT molecular complexity index is 382. The summed E-state index contributed by atoms with van der Waals surface area (Å²) in [6.45, 7) is 0.418. The van der Waals surface area contributed by atoms with Crippen LogP contribution in [-0.2, 0) is 4.79 Å². The maximum absolute atomic E-state index is 11.6. The Morgan fingerprint density at radius 3 is 2.65 bits per heavy atom. The number of rotatable bonds is 5. The van der Waals surface area contributed by atoms with Gasteiger partial charge < -0.3 is 16.0 Å². The third kappa shape index (κ3) is 4.36. The Labute approximate surface area is 110 Å². The molecule has 0 aliphatic carbocycles. The molecule has 1 aromatic carbocycles. The van der Waals surface area contributed by atoms with E-state index in [9.17, 15) is 4.79 Å². The summed E-state index contributed by atoms with van der Waals surface area (Å²) in [5, 5.41) is 3.26. The van der Waals surface area contributed by atoms with Crippen LogP contribution >= 0.6 is 15.9 Å². The van der Waals surface area contributed by atoms with Crippen molar-refractivity contribution in [3.05, 3.63) is 28.7 Å². The van der Waals surface area contributed by atoms with E-state index in [1.54, 1.807) is 19.0 Å². The van der Waals surface area contributed by atoms with E-state index in [2.05, 4.69) is 21.2 Å². The lowest BCUT2D eigenvalue weighted by molar-refractivity contribution is -0.128. The number of nitrogens with zero attached hydrogens (tertiary/aromatic N) is 1. The normalized spacial score (nSPS) is 12.0. The summed E-state index contributed by atoms with van der Waals surface area (Å²) < 4.78 is 0.968.